The summed E-state index contributed by atoms with van der Waals surface area (Å²) < 4.78 is 0. The molecule has 0 bridgehead atoms. The van der Waals surface area contributed by atoms with Gasteiger partial charge in [-0.3, -0.25) is 9.78 Å². The Morgan fingerprint density at radius 3 is 2.94 bits per heavy atom. The summed E-state index contributed by atoms with van der Waals surface area (Å²) in [4.78, 5) is 14.7. The van der Waals surface area contributed by atoms with E-state index < -0.39 is 5.97 Å². The van der Waals surface area contributed by atoms with Crippen LogP contribution in [0.25, 0.3) is 10.8 Å². The van der Waals surface area contributed by atoms with Crippen LogP contribution in [0.1, 0.15) is 12.1 Å². The molecule has 1 aromatic heterocycles. The monoisotopic (exact) mass is 235 g/mol. The van der Waals surface area contributed by atoms with Gasteiger partial charge < -0.3 is 5.11 Å². The smallest absolute Gasteiger partial charge is 0.303 e. The van der Waals surface area contributed by atoms with Gasteiger partial charge in [-0.05, 0) is 23.6 Å². The van der Waals surface area contributed by atoms with Crippen LogP contribution in [0.2, 0.25) is 5.02 Å². The summed E-state index contributed by atoms with van der Waals surface area (Å²) in [5, 5.41) is 11.2. The first-order valence-corrected chi connectivity index (χ1v) is 5.29. The van der Waals surface area contributed by atoms with E-state index in [9.17, 15) is 4.79 Å². The Labute approximate surface area is 97.7 Å². The Bertz CT molecular complexity index is 540. The first-order valence-electron chi connectivity index (χ1n) is 4.92. The number of aryl methyl sites for hydroxylation is 1. The molecule has 0 saturated carbocycles. The zero-order chi connectivity index (χ0) is 11.5. The van der Waals surface area contributed by atoms with Crippen LogP contribution in [-0.4, -0.2) is 16.1 Å². The molecular weight excluding hydrogens is 226 g/mol. The molecule has 0 aliphatic heterocycles. The van der Waals surface area contributed by atoms with Gasteiger partial charge in [-0.2, -0.15) is 0 Å². The average molecular weight is 236 g/mol. The number of pyridine rings is 1. The zero-order valence-corrected chi connectivity index (χ0v) is 9.24. The number of hydrogen-bond acceptors (Lipinski definition) is 2. The normalized spacial score (nSPS) is 10.6. The molecule has 0 spiro atoms. The highest BCUT2D eigenvalue weighted by molar-refractivity contribution is 6.31. The molecule has 1 N–H and O–H groups in total. The lowest BCUT2D eigenvalue weighted by atomic mass is 10.1. The molecule has 16 heavy (non-hydrogen) atoms. The van der Waals surface area contributed by atoms with Crippen LogP contribution < -0.4 is 0 Å². The molecule has 0 aliphatic carbocycles. The number of fused-ring (bicyclic) bond motifs is 1. The van der Waals surface area contributed by atoms with E-state index in [0.717, 1.165) is 16.5 Å². The van der Waals surface area contributed by atoms with Crippen LogP contribution in [0.3, 0.4) is 0 Å². The van der Waals surface area contributed by atoms with E-state index in [2.05, 4.69) is 4.98 Å². The highest BCUT2D eigenvalue weighted by atomic mass is 35.5. The van der Waals surface area contributed by atoms with Gasteiger partial charge in [0.25, 0.3) is 0 Å². The molecule has 2 rings (SSSR count). The van der Waals surface area contributed by atoms with Crippen molar-refractivity contribution in [1.82, 2.24) is 4.98 Å². The molecule has 0 fully saturated rings. The lowest BCUT2D eigenvalue weighted by Crippen LogP contribution is -1.99. The van der Waals surface area contributed by atoms with Crippen molar-refractivity contribution in [2.75, 3.05) is 0 Å². The zero-order valence-electron chi connectivity index (χ0n) is 8.48. The summed E-state index contributed by atoms with van der Waals surface area (Å²) in [6.45, 7) is 0. The first-order chi connectivity index (χ1) is 7.66. The number of rotatable bonds is 3. The van der Waals surface area contributed by atoms with E-state index in [4.69, 9.17) is 16.7 Å². The second-order valence-corrected chi connectivity index (χ2v) is 3.95. The number of halogens is 1. The van der Waals surface area contributed by atoms with E-state index in [1.807, 2.05) is 24.3 Å². The first kappa shape index (κ1) is 10.9. The molecule has 1 aromatic carbocycles. The number of hydrogen-bond donors (Lipinski definition) is 1. The predicted molar refractivity (Wildman–Crippen MR) is 62.7 cm³/mol. The van der Waals surface area contributed by atoms with Crippen LogP contribution in [0.15, 0.2) is 30.5 Å². The van der Waals surface area contributed by atoms with Crippen molar-refractivity contribution in [3.05, 3.63) is 41.2 Å². The molecule has 82 valence electrons. The Kier molecular flexibility index (Phi) is 3.06. The summed E-state index contributed by atoms with van der Waals surface area (Å²) in [6.07, 6.45) is 2.19. The van der Waals surface area contributed by atoms with Gasteiger partial charge in [0.2, 0.25) is 0 Å². The Morgan fingerprint density at radius 1 is 1.38 bits per heavy atom. The van der Waals surface area contributed by atoms with Crippen LogP contribution in [-0.2, 0) is 11.2 Å². The fourth-order valence-corrected chi connectivity index (χ4v) is 1.80. The molecule has 4 heteroatoms. The maximum atomic E-state index is 10.5. The minimum Gasteiger partial charge on any atom is -0.481 e. The number of aromatic nitrogens is 1. The third-order valence-corrected chi connectivity index (χ3v) is 2.62. The largest absolute Gasteiger partial charge is 0.481 e. The minimum absolute atomic E-state index is 0.0820. The van der Waals surface area contributed by atoms with Gasteiger partial charge in [0.1, 0.15) is 0 Å². The minimum atomic E-state index is -0.819. The van der Waals surface area contributed by atoms with E-state index in [0.29, 0.717) is 11.4 Å². The van der Waals surface area contributed by atoms with Crippen molar-refractivity contribution in [1.29, 1.82) is 0 Å². The van der Waals surface area contributed by atoms with E-state index in [1.165, 1.54) is 0 Å². The van der Waals surface area contributed by atoms with Gasteiger partial charge in [-0.15, -0.1) is 0 Å². The SMILES string of the molecule is O=C(O)CCc1nccc2ccc(Cl)cc12. The maximum absolute atomic E-state index is 10.5. The highest BCUT2D eigenvalue weighted by Gasteiger charge is 2.05. The third-order valence-electron chi connectivity index (χ3n) is 2.39. The summed E-state index contributed by atoms with van der Waals surface area (Å²) in [5.74, 6) is -0.819. The number of aliphatic carboxylic acids is 1. The highest BCUT2D eigenvalue weighted by Crippen LogP contribution is 2.22. The molecule has 0 amide bonds. The van der Waals surface area contributed by atoms with Gasteiger partial charge >= 0.3 is 5.97 Å². The van der Waals surface area contributed by atoms with Crippen LogP contribution in [0.5, 0.6) is 0 Å². The molecule has 0 aliphatic rings. The molecule has 0 unspecified atom stereocenters. The molecular formula is C12H10ClNO2. The van der Waals surface area contributed by atoms with Gasteiger partial charge in [0.05, 0.1) is 6.42 Å². The van der Waals surface area contributed by atoms with Gasteiger partial charge in [-0.1, -0.05) is 17.7 Å². The molecule has 2 aromatic rings. The van der Waals surface area contributed by atoms with Crippen LogP contribution in [0.4, 0.5) is 0 Å². The van der Waals surface area contributed by atoms with Gasteiger partial charge in [0.15, 0.2) is 0 Å². The number of carbonyl (C=O) groups is 1. The standard InChI is InChI=1S/C12H10ClNO2/c13-9-2-1-8-5-6-14-11(10(8)7-9)3-4-12(15)16/h1-2,5-7H,3-4H2,(H,15,16). The fourth-order valence-electron chi connectivity index (χ4n) is 1.63. The molecule has 1 heterocycles. The average Bonchev–Trinajstić information content (AvgIpc) is 2.26. The number of carboxylic acid groups (broad SMARTS) is 1. The lowest BCUT2D eigenvalue weighted by Gasteiger charge is -2.04. The summed E-state index contributed by atoms with van der Waals surface area (Å²) in [6, 6.07) is 7.42. The third kappa shape index (κ3) is 2.31. The van der Waals surface area contributed by atoms with Crippen molar-refractivity contribution >= 4 is 28.3 Å². The Hall–Kier alpha value is -1.61. The molecule has 0 radical (unpaired) electrons. The fraction of sp³-hybridized carbons (Fsp3) is 0.167. The number of carboxylic acids is 1. The topological polar surface area (TPSA) is 50.2 Å². The quantitative estimate of drug-likeness (QED) is 0.890. The maximum Gasteiger partial charge on any atom is 0.303 e. The van der Waals surface area contributed by atoms with Crippen molar-refractivity contribution < 1.29 is 9.90 Å². The molecule has 0 atom stereocenters. The Morgan fingerprint density at radius 2 is 2.19 bits per heavy atom. The van der Waals surface area contributed by atoms with Crippen LogP contribution in [0, 0.1) is 0 Å². The Balaban J connectivity index is 2.43. The number of nitrogens with zero attached hydrogens (tertiary/aromatic N) is 1. The van der Waals surface area contributed by atoms with Gasteiger partial charge in [-0.25, -0.2) is 0 Å². The van der Waals surface area contributed by atoms with Crippen molar-refractivity contribution in [3.8, 4) is 0 Å². The molecule has 3 nitrogen and oxygen atoms in total. The van der Waals surface area contributed by atoms with Gasteiger partial charge in [0, 0.05) is 28.7 Å². The van der Waals surface area contributed by atoms with Crippen LogP contribution >= 0.6 is 11.6 Å². The molecule has 0 saturated heterocycles. The van der Waals surface area contributed by atoms with Crippen molar-refractivity contribution in [2.24, 2.45) is 0 Å². The second kappa shape index (κ2) is 4.49. The van der Waals surface area contributed by atoms with E-state index in [-0.39, 0.29) is 6.42 Å². The van der Waals surface area contributed by atoms with Crippen molar-refractivity contribution in [2.45, 2.75) is 12.8 Å². The lowest BCUT2D eigenvalue weighted by molar-refractivity contribution is -0.136. The summed E-state index contributed by atoms with van der Waals surface area (Å²) in [7, 11) is 0. The summed E-state index contributed by atoms with van der Waals surface area (Å²) in [5.41, 5.74) is 0.780. The predicted octanol–water partition coefficient (Wildman–Crippen LogP) is 2.91. The second-order valence-electron chi connectivity index (χ2n) is 3.52. The van der Waals surface area contributed by atoms with E-state index in [1.54, 1.807) is 6.20 Å². The van der Waals surface area contributed by atoms with E-state index >= 15 is 0 Å². The number of benzene rings is 1. The van der Waals surface area contributed by atoms with Crippen molar-refractivity contribution in [3.63, 3.8) is 0 Å². The summed E-state index contributed by atoms with van der Waals surface area (Å²) >= 11 is 5.91.